The summed E-state index contributed by atoms with van der Waals surface area (Å²) in [6.45, 7) is 1.96. The first-order valence-electron chi connectivity index (χ1n) is 7.10. The van der Waals surface area contributed by atoms with Gasteiger partial charge in [-0.1, -0.05) is 12.1 Å². The molecule has 0 aliphatic heterocycles. The van der Waals surface area contributed by atoms with E-state index in [-0.39, 0.29) is 5.89 Å². The maximum atomic E-state index is 12.0. The Bertz CT molecular complexity index is 958. The standard InChI is InChI=1S/C18H16N2O3/c1-11-10-12(6-8-15(11)22-2)7-9-16-20-17-13(18(21)23-16)4-3-5-14(17)19/h3-10H,19H2,1-2H3/b9-7+. The van der Waals surface area contributed by atoms with Gasteiger partial charge in [0, 0.05) is 6.08 Å². The lowest BCUT2D eigenvalue weighted by Gasteiger charge is -2.04. The molecule has 2 N–H and O–H groups in total. The first-order chi connectivity index (χ1) is 11.1. The molecule has 0 bridgehead atoms. The number of ether oxygens (including phenoxy) is 1. The van der Waals surface area contributed by atoms with Gasteiger partial charge in [-0.2, -0.15) is 0 Å². The molecule has 2 aromatic carbocycles. The highest BCUT2D eigenvalue weighted by atomic mass is 16.5. The summed E-state index contributed by atoms with van der Waals surface area (Å²) < 4.78 is 10.4. The van der Waals surface area contributed by atoms with Crippen molar-refractivity contribution in [1.82, 2.24) is 4.98 Å². The molecular formula is C18H16N2O3. The molecule has 0 saturated heterocycles. The lowest BCUT2D eigenvalue weighted by molar-refractivity contribution is 0.411. The van der Waals surface area contributed by atoms with Crippen LogP contribution in [0.15, 0.2) is 45.6 Å². The predicted molar refractivity (Wildman–Crippen MR) is 91.4 cm³/mol. The number of methoxy groups -OCH3 is 1. The van der Waals surface area contributed by atoms with E-state index in [0.29, 0.717) is 16.6 Å². The van der Waals surface area contributed by atoms with Gasteiger partial charge in [-0.05, 0) is 48.4 Å². The van der Waals surface area contributed by atoms with Crippen molar-refractivity contribution >= 4 is 28.7 Å². The van der Waals surface area contributed by atoms with Crippen LogP contribution in [0.3, 0.4) is 0 Å². The van der Waals surface area contributed by atoms with Crippen LogP contribution in [0, 0.1) is 6.92 Å². The molecule has 116 valence electrons. The maximum absolute atomic E-state index is 12.0. The molecule has 5 nitrogen and oxygen atoms in total. The minimum Gasteiger partial charge on any atom is -0.496 e. The minimum absolute atomic E-state index is 0.217. The van der Waals surface area contributed by atoms with E-state index in [1.54, 1.807) is 31.4 Å². The summed E-state index contributed by atoms with van der Waals surface area (Å²) in [6.07, 6.45) is 3.47. The van der Waals surface area contributed by atoms with Gasteiger partial charge in [-0.25, -0.2) is 9.78 Å². The summed E-state index contributed by atoms with van der Waals surface area (Å²) in [5, 5.41) is 0.377. The first-order valence-corrected chi connectivity index (χ1v) is 7.10. The highest BCUT2D eigenvalue weighted by molar-refractivity contribution is 5.88. The number of fused-ring (bicyclic) bond motifs is 1. The van der Waals surface area contributed by atoms with Crippen molar-refractivity contribution in [2.45, 2.75) is 6.92 Å². The van der Waals surface area contributed by atoms with E-state index in [1.165, 1.54) is 0 Å². The lowest BCUT2D eigenvalue weighted by atomic mass is 10.1. The van der Waals surface area contributed by atoms with E-state index in [1.807, 2.05) is 31.2 Å². The monoisotopic (exact) mass is 308 g/mol. The maximum Gasteiger partial charge on any atom is 0.347 e. The number of hydrogen-bond acceptors (Lipinski definition) is 5. The van der Waals surface area contributed by atoms with Gasteiger partial charge >= 0.3 is 5.63 Å². The zero-order valence-electron chi connectivity index (χ0n) is 12.9. The lowest BCUT2D eigenvalue weighted by Crippen LogP contribution is -2.04. The molecule has 1 aromatic heterocycles. The normalized spacial score (nSPS) is 11.2. The summed E-state index contributed by atoms with van der Waals surface area (Å²) in [7, 11) is 1.63. The number of rotatable bonds is 3. The van der Waals surface area contributed by atoms with E-state index in [9.17, 15) is 4.79 Å². The Morgan fingerprint density at radius 2 is 2.04 bits per heavy atom. The zero-order chi connectivity index (χ0) is 16.4. The number of nitrogen functional groups attached to an aromatic ring is 1. The van der Waals surface area contributed by atoms with Gasteiger partial charge in [0.15, 0.2) is 0 Å². The van der Waals surface area contributed by atoms with Gasteiger partial charge in [-0.15, -0.1) is 0 Å². The number of aryl methyl sites for hydroxylation is 1. The third-order valence-electron chi connectivity index (χ3n) is 3.54. The quantitative estimate of drug-likeness (QED) is 0.751. The Kier molecular flexibility index (Phi) is 3.85. The van der Waals surface area contributed by atoms with Gasteiger partial charge in [0.25, 0.3) is 0 Å². The molecule has 3 aromatic rings. The molecule has 0 amide bonds. The molecule has 0 atom stereocenters. The summed E-state index contributed by atoms with van der Waals surface area (Å²) in [5.41, 5.74) is 8.30. The molecule has 23 heavy (non-hydrogen) atoms. The van der Waals surface area contributed by atoms with Gasteiger partial charge in [-0.3, -0.25) is 0 Å². The van der Waals surface area contributed by atoms with Crippen LogP contribution >= 0.6 is 0 Å². The van der Waals surface area contributed by atoms with Crippen LogP contribution in [-0.2, 0) is 0 Å². The van der Waals surface area contributed by atoms with Crippen molar-refractivity contribution in [1.29, 1.82) is 0 Å². The third-order valence-corrected chi connectivity index (χ3v) is 3.54. The second-order valence-electron chi connectivity index (χ2n) is 5.15. The second-order valence-corrected chi connectivity index (χ2v) is 5.15. The van der Waals surface area contributed by atoms with E-state index < -0.39 is 5.63 Å². The largest absolute Gasteiger partial charge is 0.496 e. The van der Waals surface area contributed by atoms with Crippen molar-refractivity contribution in [2.75, 3.05) is 12.8 Å². The number of nitrogens with zero attached hydrogens (tertiary/aromatic N) is 1. The van der Waals surface area contributed by atoms with Gasteiger partial charge in [0.05, 0.1) is 18.2 Å². The van der Waals surface area contributed by atoms with Crippen molar-refractivity contribution in [3.05, 3.63) is 63.8 Å². The molecule has 0 radical (unpaired) electrons. The van der Waals surface area contributed by atoms with Crippen molar-refractivity contribution in [3.63, 3.8) is 0 Å². The Hall–Kier alpha value is -3.08. The fourth-order valence-electron chi connectivity index (χ4n) is 2.38. The Labute approximate surface area is 133 Å². The molecule has 0 spiro atoms. The number of aromatic nitrogens is 1. The summed E-state index contributed by atoms with van der Waals surface area (Å²) in [5.74, 6) is 1.04. The number of para-hydroxylation sites is 1. The highest BCUT2D eigenvalue weighted by Crippen LogP contribution is 2.20. The van der Waals surface area contributed by atoms with E-state index in [2.05, 4.69) is 4.98 Å². The fourth-order valence-corrected chi connectivity index (χ4v) is 2.38. The smallest absolute Gasteiger partial charge is 0.347 e. The minimum atomic E-state index is -0.451. The summed E-state index contributed by atoms with van der Waals surface area (Å²) in [4.78, 5) is 16.3. The average molecular weight is 308 g/mol. The highest BCUT2D eigenvalue weighted by Gasteiger charge is 2.06. The third kappa shape index (κ3) is 2.94. The van der Waals surface area contributed by atoms with Gasteiger partial charge in [0.1, 0.15) is 11.3 Å². The fraction of sp³-hybridized carbons (Fsp3) is 0.111. The predicted octanol–water partition coefficient (Wildman–Crippen LogP) is 3.26. The van der Waals surface area contributed by atoms with Crippen LogP contribution in [0.5, 0.6) is 5.75 Å². The van der Waals surface area contributed by atoms with Crippen LogP contribution in [0.4, 0.5) is 5.69 Å². The molecule has 1 heterocycles. The molecular weight excluding hydrogens is 292 g/mol. The molecule has 0 unspecified atom stereocenters. The van der Waals surface area contributed by atoms with E-state index >= 15 is 0 Å². The van der Waals surface area contributed by atoms with Crippen molar-refractivity contribution in [3.8, 4) is 5.75 Å². The summed E-state index contributed by atoms with van der Waals surface area (Å²) in [6, 6.07) is 10.8. The average Bonchev–Trinajstić information content (AvgIpc) is 2.54. The van der Waals surface area contributed by atoms with Crippen LogP contribution in [0.1, 0.15) is 17.0 Å². The summed E-state index contributed by atoms with van der Waals surface area (Å²) >= 11 is 0. The molecule has 0 aliphatic rings. The number of benzene rings is 2. The van der Waals surface area contributed by atoms with Crippen LogP contribution in [0.2, 0.25) is 0 Å². The first kappa shape index (κ1) is 14.8. The van der Waals surface area contributed by atoms with Gasteiger partial charge < -0.3 is 14.9 Å². The Morgan fingerprint density at radius 3 is 2.78 bits per heavy atom. The molecule has 0 fully saturated rings. The second kappa shape index (κ2) is 5.96. The van der Waals surface area contributed by atoms with Crippen LogP contribution < -0.4 is 16.1 Å². The number of anilines is 1. The van der Waals surface area contributed by atoms with Crippen LogP contribution in [-0.4, -0.2) is 12.1 Å². The van der Waals surface area contributed by atoms with E-state index in [4.69, 9.17) is 14.9 Å². The topological polar surface area (TPSA) is 78.4 Å². The van der Waals surface area contributed by atoms with Crippen LogP contribution in [0.25, 0.3) is 23.1 Å². The Balaban J connectivity index is 2.00. The molecule has 0 aliphatic carbocycles. The molecule has 5 heteroatoms. The molecule has 0 saturated carbocycles. The van der Waals surface area contributed by atoms with Gasteiger partial charge in [0.2, 0.25) is 5.89 Å². The number of hydrogen-bond donors (Lipinski definition) is 1. The van der Waals surface area contributed by atoms with Crippen molar-refractivity contribution < 1.29 is 9.15 Å². The van der Waals surface area contributed by atoms with E-state index in [0.717, 1.165) is 16.9 Å². The van der Waals surface area contributed by atoms with Crippen molar-refractivity contribution in [2.24, 2.45) is 0 Å². The zero-order valence-corrected chi connectivity index (χ0v) is 12.9. The molecule has 3 rings (SSSR count). The number of nitrogens with two attached hydrogens (primary N) is 1. The Morgan fingerprint density at radius 1 is 1.22 bits per heavy atom. The SMILES string of the molecule is COc1ccc(/C=C/c2nc3c(N)cccc3c(=O)o2)cc1C.